The minimum Gasteiger partial charge on any atom is -0.396 e. The number of aliphatic hydroxyl groups is 1. The molecule has 0 fully saturated rings. The molecule has 16 heavy (non-hydrogen) atoms. The van der Waals surface area contributed by atoms with E-state index in [0.717, 1.165) is 6.20 Å². The fourth-order valence-electron chi connectivity index (χ4n) is 1.10. The fourth-order valence-corrected chi connectivity index (χ4v) is 1.10. The van der Waals surface area contributed by atoms with Crippen molar-refractivity contribution >= 4 is 11.8 Å². The normalized spacial score (nSPS) is 14.3. The number of hydrogen-bond donors (Lipinski definition) is 3. The van der Waals surface area contributed by atoms with Gasteiger partial charge in [0.2, 0.25) is 5.95 Å². The third-order valence-electron chi connectivity index (χ3n) is 2.47. The topological polar surface area (TPSA) is 70.1 Å². The van der Waals surface area contributed by atoms with Gasteiger partial charge in [-0.25, -0.2) is 9.37 Å². The van der Waals surface area contributed by atoms with Gasteiger partial charge in [-0.05, 0) is 12.8 Å². The number of rotatable bonds is 5. The molecule has 0 aliphatic carbocycles. The zero-order chi connectivity index (χ0) is 12.1. The van der Waals surface area contributed by atoms with Gasteiger partial charge in [0, 0.05) is 19.7 Å². The Morgan fingerprint density at radius 1 is 1.50 bits per heavy atom. The lowest BCUT2D eigenvalue weighted by atomic mass is 10.1. The molecule has 2 atom stereocenters. The molecule has 0 saturated carbocycles. The van der Waals surface area contributed by atoms with Crippen LogP contribution in [-0.4, -0.2) is 34.8 Å². The molecule has 5 nitrogen and oxygen atoms in total. The van der Waals surface area contributed by atoms with Crippen molar-refractivity contribution in [2.75, 3.05) is 24.3 Å². The molecule has 2 unspecified atom stereocenters. The van der Waals surface area contributed by atoms with Gasteiger partial charge in [-0.1, -0.05) is 6.92 Å². The molecule has 6 heteroatoms. The van der Waals surface area contributed by atoms with Gasteiger partial charge in [0.05, 0.1) is 6.20 Å². The Kier molecular flexibility index (Phi) is 4.42. The van der Waals surface area contributed by atoms with Crippen LogP contribution in [-0.2, 0) is 0 Å². The van der Waals surface area contributed by atoms with Gasteiger partial charge in [0.15, 0.2) is 11.6 Å². The molecule has 0 amide bonds. The standard InChI is InChI=1S/C10H17FN4O/c1-6(5-16)7(2)14-9-8(11)4-13-10(12-3)15-9/h4,6-7,16H,5H2,1-3H3,(H2,12,13,14,15). The van der Waals surface area contributed by atoms with E-state index in [-0.39, 0.29) is 24.4 Å². The van der Waals surface area contributed by atoms with Crippen LogP contribution in [0.15, 0.2) is 6.20 Å². The summed E-state index contributed by atoms with van der Waals surface area (Å²) in [5.74, 6) is 0.0169. The first-order valence-corrected chi connectivity index (χ1v) is 5.16. The smallest absolute Gasteiger partial charge is 0.224 e. The van der Waals surface area contributed by atoms with Crippen LogP contribution in [0.1, 0.15) is 13.8 Å². The van der Waals surface area contributed by atoms with Crippen molar-refractivity contribution in [1.82, 2.24) is 9.97 Å². The van der Waals surface area contributed by atoms with Crippen LogP contribution in [0.25, 0.3) is 0 Å². The molecule has 0 radical (unpaired) electrons. The highest BCUT2D eigenvalue weighted by molar-refractivity contribution is 5.41. The maximum Gasteiger partial charge on any atom is 0.224 e. The average Bonchev–Trinajstić information content (AvgIpc) is 2.30. The minimum atomic E-state index is -0.504. The lowest BCUT2D eigenvalue weighted by Crippen LogP contribution is -2.27. The van der Waals surface area contributed by atoms with Crippen molar-refractivity contribution in [3.8, 4) is 0 Å². The molecule has 0 aromatic carbocycles. The van der Waals surface area contributed by atoms with E-state index in [0.29, 0.717) is 5.95 Å². The number of halogens is 1. The second kappa shape index (κ2) is 5.60. The average molecular weight is 228 g/mol. The molecule has 0 aliphatic rings. The third-order valence-corrected chi connectivity index (χ3v) is 2.47. The maximum absolute atomic E-state index is 13.4. The Bertz CT molecular complexity index is 348. The lowest BCUT2D eigenvalue weighted by molar-refractivity contribution is 0.226. The number of anilines is 2. The monoisotopic (exact) mass is 228 g/mol. The summed E-state index contributed by atoms with van der Waals surface area (Å²) in [7, 11) is 1.66. The molecular weight excluding hydrogens is 211 g/mol. The van der Waals surface area contributed by atoms with E-state index in [1.165, 1.54) is 0 Å². The number of hydrogen-bond acceptors (Lipinski definition) is 5. The van der Waals surface area contributed by atoms with Crippen molar-refractivity contribution < 1.29 is 9.50 Å². The van der Waals surface area contributed by atoms with Crippen molar-refractivity contribution in [2.24, 2.45) is 5.92 Å². The Morgan fingerprint density at radius 2 is 2.19 bits per heavy atom. The van der Waals surface area contributed by atoms with Crippen LogP contribution >= 0.6 is 0 Å². The molecular formula is C10H17FN4O. The molecule has 3 N–H and O–H groups in total. The highest BCUT2D eigenvalue weighted by Gasteiger charge is 2.14. The highest BCUT2D eigenvalue weighted by atomic mass is 19.1. The molecule has 0 saturated heterocycles. The van der Waals surface area contributed by atoms with E-state index in [1.54, 1.807) is 7.05 Å². The van der Waals surface area contributed by atoms with E-state index >= 15 is 0 Å². The van der Waals surface area contributed by atoms with E-state index in [1.807, 2.05) is 13.8 Å². The predicted octanol–water partition coefficient (Wildman–Crippen LogP) is 1.09. The SMILES string of the molecule is CNc1ncc(F)c(NC(C)C(C)CO)n1. The minimum absolute atomic E-state index is 0.0207. The van der Waals surface area contributed by atoms with Crippen molar-refractivity contribution in [3.05, 3.63) is 12.0 Å². The summed E-state index contributed by atoms with van der Waals surface area (Å²) in [5.41, 5.74) is 0. The molecule has 1 aromatic rings. The molecule has 0 aliphatic heterocycles. The number of aliphatic hydroxyl groups excluding tert-OH is 1. The quantitative estimate of drug-likeness (QED) is 0.703. The van der Waals surface area contributed by atoms with Gasteiger partial charge in [-0.2, -0.15) is 4.98 Å². The first-order chi connectivity index (χ1) is 7.58. The van der Waals surface area contributed by atoms with Gasteiger partial charge in [0.25, 0.3) is 0 Å². The highest BCUT2D eigenvalue weighted by Crippen LogP contribution is 2.15. The van der Waals surface area contributed by atoms with E-state index in [4.69, 9.17) is 5.11 Å². The Hall–Kier alpha value is -1.43. The lowest BCUT2D eigenvalue weighted by Gasteiger charge is -2.20. The van der Waals surface area contributed by atoms with Crippen LogP contribution in [0, 0.1) is 11.7 Å². The van der Waals surface area contributed by atoms with Gasteiger partial charge < -0.3 is 15.7 Å². The molecule has 1 aromatic heterocycles. The first kappa shape index (κ1) is 12.6. The van der Waals surface area contributed by atoms with Gasteiger partial charge in [-0.3, -0.25) is 0 Å². The molecule has 1 rings (SSSR count). The van der Waals surface area contributed by atoms with Gasteiger partial charge in [-0.15, -0.1) is 0 Å². The predicted molar refractivity (Wildman–Crippen MR) is 60.9 cm³/mol. The second-order valence-corrected chi connectivity index (χ2v) is 3.73. The summed E-state index contributed by atoms with van der Waals surface area (Å²) in [6, 6.07) is -0.0703. The fraction of sp³-hybridized carbons (Fsp3) is 0.600. The zero-order valence-electron chi connectivity index (χ0n) is 9.66. The zero-order valence-corrected chi connectivity index (χ0v) is 9.66. The third kappa shape index (κ3) is 3.03. The van der Waals surface area contributed by atoms with Crippen LogP contribution in [0.5, 0.6) is 0 Å². The largest absolute Gasteiger partial charge is 0.396 e. The Labute approximate surface area is 94.1 Å². The molecule has 1 heterocycles. The van der Waals surface area contributed by atoms with Gasteiger partial charge >= 0.3 is 0 Å². The maximum atomic E-state index is 13.4. The number of nitrogens with zero attached hydrogens (tertiary/aromatic N) is 2. The first-order valence-electron chi connectivity index (χ1n) is 5.16. The van der Waals surface area contributed by atoms with Crippen molar-refractivity contribution in [1.29, 1.82) is 0 Å². The summed E-state index contributed by atoms with van der Waals surface area (Å²) in [4.78, 5) is 7.70. The van der Waals surface area contributed by atoms with E-state index in [9.17, 15) is 4.39 Å². The van der Waals surface area contributed by atoms with Crippen molar-refractivity contribution in [2.45, 2.75) is 19.9 Å². The summed E-state index contributed by atoms with van der Waals surface area (Å²) < 4.78 is 13.4. The van der Waals surface area contributed by atoms with Crippen LogP contribution in [0.3, 0.4) is 0 Å². The Morgan fingerprint density at radius 3 is 2.75 bits per heavy atom. The number of nitrogens with one attached hydrogen (secondary N) is 2. The Balaban J connectivity index is 2.79. The summed E-state index contributed by atoms with van der Waals surface area (Å²) in [5, 5.41) is 14.6. The van der Waals surface area contributed by atoms with Crippen LogP contribution < -0.4 is 10.6 Å². The molecule has 0 bridgehead atoms. The second-order valence-electron chi connectivity index (χ2n) is 3.73. The van der Waals surface area contributed by atoms with Crippen LogP contribution in [0.4, 0.5) is 16.2 Å². The van der Waals surface area contributed by atoms with Crippen molar-refractivity contribution in [3.63, 3.8) is 0 Å². The van der Waals surface area contributed by atoms with E-state index < -0.39 is 5.82 Å². The molecule has 0 spiro atoms. The van der Waals surface area contributed by atoms with Gasteiger partial charge in [0.1, 0.15) is 0 Å². The number of aromatic nitrogens is 2. The van der Waals surface area contributed by atoms with Crippen LogP contribution in [0.2, 0.25) is 0 Å². The van der Waals surface area contributed by atoms with E-state index in [2.05, 4.69) is 20.6 Å². The molecule has 90 valence electrons. The summed E-state index contributed by atoms with van der Waals surface area (Å²) in [6.45, 7) is 3.77. The summed E-state index contributed by atoms with van der Waals surface area (Å²) in [6.07, 6.45) is 1.11. The summed E-state index contributed by atoms with van der Waals surface area (Å²) >= 11 is 0.